The molecular formula is C23H32N6O5. The minimum Gasteiger partial charge on any atom is -0.480 e. The summed E-state index contributed by atoms with van der Waals surface area (Å²) in [6, 6.07) is 5.96. The van der Waals surface area contributed by atoms with Crippen LogP contribution in [0.15, 0.2) is 42.9 Å². The van der Waals surface area contributed by atoms with Crippen molar-refractivity contribution in [2.75, 3.05) is 6.54 Å². The molecule has 3 amide bonds. The molecule has 0 aliphatic rings. The van der Waals surface area contributed by atoms with Gasteiger partial charge in [-0.25, -0.2) is 9.78 Å². The molecule has 2 aromatic rings. The molecule has 4 atom stereocenters. The van der Waals surface area contributed by atoms with Gasteiger partial charge in [0.25, 0.3) is 0 Å². The van der Waals surface area contributed by atoms with Crippen LogP contribution in [-0.4, -0.2) is 63.4 Å². The molecule has 11 heteroatoms. The van der Waals surface area contributed by atoms with Gasteiger partial charge in [0, 0.05) is 24.7 Å². The number of nitrogens with zero attached hydrogens (tertiary/aromatic N) is 1. The number of hydrogen-bond donors (Lipinski definition) is 6. The van der Waals surface area contributed by atoms with E-state index in [1.807, 2.05) is 13.0 Å². The largest absolute Gasteiger partial charge is 0.480 e. The lowest BCUT2D eigenvalue weighted by Crippen LogP contribution is -2.56. The van der Waals surface area contributed by atoms with Crippen molar-refractivity contribution in [3.63, 3.8) is 0 Å². The number of nitrogens with one attached hydrogen (secondary N) is 4. The number of nitrogens with two attached hydrogens (primary N) is 1. The molecule has 1 aromatic carbocycles. The number of hydrogen-bond acceptors (Lipinski definition) is 6. The maximum Gasteiger partial charge on any atom is 0.326 e. The molecular weight excluding hydrogens is 440 g/mol. The van der Waals surface area contributed by atoms with Crippen molar-refractivity contribution < 1.29 is 24.3 Å². The van der Waals surface area contributed by atoms with E-state index in [0.29, 0.717) is 12.1 Å². The Morgan fingerprint density at radius 2 is 1.79 bits per heavy atom. The monoisotopic (exact) mass is 472 g/mol. The number of imidazole rings is 1. The number of carboxylic acids is 1. The van der Waals surface area contributed by atoms with E-state index in [9.17, 15) is 24.3 Å². The molecule has 0 bridgehead atoms. The third kappa shape index (κ3) is 8.32. The van der Waals surface area contributed by atoms with E-state index >= 15 is 0 Å². The van der Waals surface area contributed by atoms with Crippen LogP contribution in [-0.2, 0) is 32.0 Å². The summed E-state index contributed by atoms with van der Waals surface area (Å²) < 4.78 is 0. The Hall–Kier alpha value is -3.73. The van der Waals surface area contributed by atoms with Crippen LogP contribution in [0.5, 0.6) is 0 Å². The molecule has 0 radical (unpaired) electrons. The summed E-state index contributed by atoms with van der Waals surface area (Å²) in [4.78, 5) is 55.9. The second-order valence-electron chi connectivity index (χ2n) is 8.13. The number of aliphatic carboxylic acids is 1. The van der Waals surface area contributed by atoms with E-state index in [4.69, 9.17) is 5.73 Å². The maximum atomic E-state index is 12.8. The number of carbonyl (C=O) groups excluding carboxylic acids is 3. The van der Waals surface area contributed by atoms with Gasteiger partial charge >= 0.3 is 5.97 Å². The quantitative estimate of drug-likeness (QED) is 0.232. The summed E-state index contributed by atoms with van der Waals surface area (Å²) in [7, 11) is 0. The third-order valence-corrected chi connectivity index (χ3v) is 5.46. The third-order valence-electron chi connectivity index (χ3n) is 5.46. The molecule has 0 saturated carbocycles. The van der Waals surface area contributed by atoms with Gasteiger partial charge in [-0.3, -0.25) is 14.4 Å². The van der Waals surface area contributed by atoms with Crippen LogP contribution in [0.2, 0.25) is 0 Å². The number of H-pyrrole nitrogens is 1. The van der Waals surface area contributed by atoms with Crippen molar-refractivity contribution in [2.24, 2.45) is 11.7 Å². The number of benzene rings is 1. The van der Waals surface area contributed by atoms with Crippen LogP contribution in [0.4, 0.5) is 0 Å². The lowest BCUT2D eigenvalue weighted by Gasteiger charge is -2.25. The van der Waals surface area contributed by atoms with E-state index in [1.54, 1.807) is 37.4 Å². The molecule has 1 heterocycles. The zero-order valence-corrected chi connectivity index (χ0v) is 19.3. The first kappa shape index (κ1) is 26.5. The summed E-state index contributed by atoms with van der Waals surface area (Å²) in [5.41, 5.74) is 7.40. The summed E-state index contributed by atoms with van der Waals surface area (Å²) in [5, 5.41) is 17.0. The molecule has 11 nitrogen and oxygen atoms in total. The Bertz CT molecular complexity index is 950. The van der Waals surface area contributed by atoms with Gasteiger partial charge in [-0.2, -0.15) is 0 Å². The lowest BCUT2D eigenvalue weighted by atomic mass is 9.97. The number of aromatic nitrogens is 2. The van der Waals surface area contributed by atoms with Gasteiger partial charge in [-0.15, -0.1) is 0 Å². The molecule has 1 aromatic heterocycles. The van der Waals surface area contributed by atoms with E-state index in [-0.39, 0.29) is 18.8 Å². The zero-order chi connectivity index (χ0) is 25.1. The van der Waals surface area contributed by atoms with Gasteiger partial charge in [0.05, 0.1) is 18.9 Å². The highest BCUT2D eigenvalue weighted by atomic mass is 16.4. The number of carboxylic acid groups (broad SMARTS) is 1. The van der Waals surface area contributed by atoms with Gasteiger partial charge in [-0.05, 0) is 11.5 Å². The maximum absolute atomic E-state index is 12.8. The van der Waals surface area contributed by atoms with E-state index in [0.717, 1.165) is 5.56 Å². The Morgan fingerprint density at radius 1 is 1.09 bits per heavy atom. The first-order valence-electron chi connectivity index (χ1n) is 11.1. The molecule has 0 aliphatic heterocycles. The molecule has 7 N–H and O–H groups in total. The Labute approximate surface area is 197 Å². The standard InChI is InChI=1S/C23H32N6O5/c1-3-14(2)20(29-21(31)17(24)10-16-11-25-13-27-16)22(32)26-12-19(30)28-18(23(33)34)9-15-7-5-4-6-8-15/h4-8,11,13-14,17-18,20H,3,9-10,12,24H2,1-2H3,(H,25,27)(H,26,32)(H,28,30)(H,29,31)(H,33,34). The predicted molar refractivity (Wildman–Crippen MR) is 124 cm³/mol. The summed E-state index contributed by atoms with van der Waals surface area (Å²) in [6.07, 6.45) is 3.97. The molecule has 34 heavy (non-hydrogen) atoms. The molecule has 0 aliphatic carbocycles. The predicted octanol–water partition coefficient (Wildman–Crippen LogP) is -0.261. The minimum absolute atomic E-state index is 0.107. The number of rotatable bonds is 13. The average Bonchev–Trinajstić information content (AvgIpc) is 3.33. The van der Waals surface area contributed by atoms with Crippen molar-refractivity contribution >= 4 is 23.7 Å². The fourth-order valence-corrected chi connectivity index (χ4v) is 3.26. The van der Waals surface area contributed by atoms with Crippen LogP contribution >= 0.6 is 0 Å². The Kier molecular flexibility index (Phi) is 10.2. The highest BCUT2D eigenvalue weighted by Crippen LogP contribution is 2.09. The first-order valence-corrected chi connectivity index (χ1v) is 11.1. The van der Waals surface area contributed by atoms with Crippen molar-refractivity contribution in [3.05, 3.63) is 54.1 Å². The van der Waals surface area contributed by atoms with Gasteiger partial charge in [-0.1, -0.05) is 50.6 Å². The Balaban J connectivity index is 1.91. The fraction of sp³-hybridized carbons (Fsp3) is 0.435. The van der Waals surface area contributed by atoms with Crippen LogP contribution in [0.25, 0.3) is 0 Å². The zero-order valence-electron chi connectivity index (χ0n) is 19.3. The second-order valence-corrected chi connectivity index (χ2v) is 8.13. The first-order chi connectivity index (χ1) is 16.2. The van der Waals surface area contributed by atoms with Crippen molar-refractivity contribution in [1.29, 1.82) is 0 Å². The molecule has 2 rings (SSSR count). The molecule has 4 unspecified atom stereocenters. The average molecular weight is 473 g/mol. The van der Waals surface area contributed by atoms with Gasteiger partial charge < -0.3 is 31.8 Å². The van der Waals surface area contributed by atoms with Gasteiger partial charge in [0.15, 0.2) is 0 Å². The van der Waals surface area contributed by atoms with E-state index in [2.05, 4.69) is 25.9 Å². The van der Waals surface area contributed by atoms with Crippen LogP contribution < -0.4 is 21.7 Å². The Morgan fingerprint density at radius 3 is 2.38 bits per heavy atom. The van der Waals surface area contributed by atoms with Crippen molar-refractivity contribution in [2.45, 2.75) is 51.2 Å². The smallest absolute Gasteiger partial charge is 0.326 e. The topological polar surface area (TPSA) is 179 Å². The van der Waals surface area contributed by atoms with E-state index in [1.165, 1.54) is 6.33 Å². The van der Waals surface area contributed by atoms with Crippen molar-refractivity contribution in [3.8, 4) is 0 Å². The molecule has 0 fully saturated rings. The van der Waals surface area contributed by atoms with Crippen LogP contribution in [0.3, 0.4) is 0 Å². The molecule has 0 spiro atoms. The number of amides is 3. The molecule has 184 valence electrons. The van der Waals surface area contributed by atoms with Gasteiger partial charge in [0.2, 0.25) is 17.7 Å². The van der Waals surface area contributed by atoms with Crippen LogP contribution in [0.1, 0.15) is 31.5 Å². The number of aromatic amines is 1. The lowest BCUT2D eigenvalue weighted by molar-refractivity contribution is -0.141. The van der Waals surface area contributed by atoms with Crippen LogP contribution in [0, 0.1) is 5.92 Å². The number of carbonyl (C=O) groups is 4. The van der Waals surface area contributed by atoms with Crippen molar-refractivity contribution in [1.82, 2.24) is 25.9 Å². The summed E-state index contributed by atoms with van der Waals surface area (Å²) in [6.45, 7) is 3.24. The minimum atomic E-state index is -1.18. The van der Waals surface area contributed by atoms with Gasteiger partial charge in [0.1, 0.15) is 12.1 Å². The van der Waals surface area contributed by atoms with E-state index < -0.39 is 48.4 Å². The fourth-order valence-electron chi connectivity index (χ4n) is 3.26. The summed E-state index contributed by atoms with van der Waals surface area (Å²) in [5.74, 6) is -3.12. The second kappa shape index (κ2) is 13.1. The highest BCUT2D eigenvalue weighted by molar-refractivity contribution is 5.92. The SMILES string of the molecule is CCC(C)C(NC(=O)C(N)Cc1cnc[nH]1)C(=O)NCC(=O)NC(Cc1ccccc1)C(=O)O. The normalized spacial score (nSPS) is 14.3. The molecule has 0 saturated heterocycles. The summed E-state index contributed by atoms with van der Waals surface area (Å²) >= 11 is 0. The highest BCUT2D eigenvalue weighted by Gasteiger charge is 2.29.